The molecule has 1 aromatic carbocycles. The summed E-state index contributed by atoms with van der Waals surface area (Å²) in [6.07, 6.45) is 2.58. The van der Waals surface area contributed by atoms with Gasteiger partial charge in [-0.3, -0.25) is 0 Å². The van der Waals surface area contributed by atoms with Gasteiger partial charge >= 0.3 is 5.97 Å². The van der Waals surface area contributed by atoms with Gasteiger partial charge in [0.25, 0.3) is 0 Å². The van der Waals surface area contributed by atoms with Gasteiger partial charge < -0.3 is 14.7 Å². The topological polar surface area (TPSA) is 49.8 Å². The molecule has 0 spiro atoms. The lowest BCUT2D eigenvalue weighted by molar-refractivity contribution is -0.131. The Kier molecular flexibility index (Phi) is 5.68. The van der Waals surface area contributed by atoms with Crippen LogP contribution in [0.5, 0.6) is 0 Å². The highest BCUT2D eigenvalue weighted by molar-refractivity contribution is 6.32. The van der Waals surface area contributed by atoms with Crippen molar-refractivity contribution < 1.29 is 14.6 Å². The SMILES string of the molecule is COCCN(C)c1cccc(Cl)c1C=CC(=O)O. The van der Waals surface area contributed by atoms with Crippen molar-refractivity contribution in [2.24, 2.45) is 0 Å². The second-order valence-electron chi connectivity index (χ2n) is 3.76. The lowest BCUT2D eigenvalue weighted by Crippen LogP contribution is -2.22. The highest BCUT2D eigenvalue weighted by Gasteiger charge is 2.08. The van der Waals surface area contributed by atoms with Crippen molar-refractivity contribution in [3.63, 3.8) is 0 Å². The number of anilines is 1. The number of aliphatic carboxylic acids is 1. The monoisotopic (exact) mass is 269 g/mol. The summed E-state index contributed by atoms with van der Waals surface area (Å²) in [5.74, 6) is -1.000. The molecule has 0 atom stereocenters. The van der Waals surface area contributed by atoms with Crippen LogP contribution in [0.2, 0.25) is 5.02 Å². The second kappa shape index (κ2) is 7.03. The fraction of sp³-hybridized carbons (Fsp3) is 0.308. The van der Waals surface area contributed by atoms with E-state index in [1.807, 2.05) is 24.1 Å². The van der Waals surface area contributed by atoms with Gasteiger partial charge in [0.2, 0.25) is 0 Å². The molecular formula is C13H16ClNO3. The predicted molar refractivity (Wildman–Crippen MR) is 73.3 cm³/mol. The van der Waals surface area contributed by atoms with Crippen LogP contribution >= 0.6 is 11.6 Å². The summed E-state index contributed by atoms with van der Waals surface area (Å²) < 4.78 is 5.02. The lowest BCUT2D eigenvalue weighted by atomic mass is 10.1. The largest absolute Gasteiger partial charge is 0.478 e. The van der Waals surface area contributed by atoms with Crippen LogP contribution < -0.4 is 4.90 Å². The third kappa shape index (κ3) is 4.05. The number of carboxylic acid groups (broad SMARTS) is 1. The summed E-state index contributed by atoms with van der Waals surface area (Å²) in [6, 6.07) is 5.46. The Hall–Kier alpha value is -1.52. The van der Waals surface area contributed by atoms with Gasteiger partial charge in [-0.1, -0.05) is 17.7 Å². The van der Waals surface area contributed by atoms with E-state index in [1.165, 1.54) is 6.08 Å². The number of carboxylic acids is 1. The highest BCUT2D eigenvalue weighted by Crippen LogP contribution is 2.28. The average molecular weight is 270 g/mol. The fourth-order valence-corrected chi connectivity index (χ4v) is 1.76. The molecule has 0 aliphatic heterocycles. The maximum atomic E-state index is 10.6. The molecule has 0 aliphatic carbocycles. The Labute approximate surface area is 111 Å². The number of likely N-dealkylation sites (N-methyl/N-ethyl adjacent to an activating group) is 1. The van der Waals surface area contributed by atoms with Crippen molar-refractivity contribution in [1.82, 2.24) is 0 Å². The molecule has 0 amide bonds. The molecule has 0 bridgehead atoms. The minimum absolute atomic E-state index is 0.522. The number of nitrogens with zero attached hydrogens (tertiary/aromatic N) is 1. The van der Waals surface area contributed by atoms with E-state index < -0.39 is 5.97 Å². The third-order valence-corrected chi connectivity index (χ3v) is 2.79. The van der Waals surface area contributed by atoms with Crippen molar-refractivity contribution in [2.75, 3.05) is 32.2 Å². The molecule has 1 N–H and O–H groups in total. The van der Waals surface area contributed by atoms with E-state index >= 15 is 0 Å². The number of halogens is 1. The summed E-state index contributed by atoms with van der Waals surface area (Å²) in [6.45, 7) is 1.29. The van der Waals surface area contributed by atoms with Crippen LogP contribution in [-0.2, 0) is 9.53 Å². The van der Waals surface area contributed by atoms with Gasteiger partial charge in [-0.25, -0.2) is 4.79 Å². The van der Waals surface area contributed by atoms with E-state index in [0.717, 1.165) is 11.8 Å². The molecule has 5 heteroatoms. The zero-order valence-corrected chi connectivity index (χ0v) is 11.1. The predicted octanol–water partition coefficient (Wildman–Crippen LogP) is 2.52. The van der Waals surface area contributed by atoms with Crippen molar-refractivity contribution >= 4 is 29.3 Å². The van der Waals surface area contributed by atoms with Gasteiger partial charge in [0, 0.05) is 43.1 Å². The van der Waals surface area contributed by atoms with Crippen LogP contribution in [0.1, 0.15) is 5.56 Å². The molecule has 0 radical (unpaired) electrons. The van der Waals surface area contributed by atoms with E-state index in [0.29, 0.717) is 23.7 Å². The number of carbonyl (C=O) groups is 1. The van der Waals surface area contributed by atoms with Crippen LogP contribution in [0, 0.1) is 0 Å². The minimum Gasteiger partial charge on any atom is -0.478 e. The molecular weight excluding hydrogens is 254 g/mol. The summed E-state index contributed by atoms with van der Waals surface area (Å²) in [5, 5.41) is 9.20. The molecule has 0 saturated heterocycles. The fourth-order valence-electron chi connectivity index (χ4n) is 1.53. The molecule has 0 unspecified atom stereocenters. The van der Waals surface area contributed by atoms with Crippen molar-refractivity contribution in [3.8, 4) is 0 Å². The number of rotatable bonds is 6. The van der Waals surface area contributed by atoms with Crippen LogP contribution in [0.4, 0.5) is 5.69 Å². The lowest BCUT2D eigenvalue weighted by Gasteiger charge is -2.21. The Balaban J connectivity index is 3.03. The second-order valence-corrected chi connectivity index (χ2v) is 4.17. The number of ether oxygens (including phenoxy) is 1. The standard InChI is InChI=1S/C13H16ClNO3/c1-15(8-9-18-2)12-5-3-4-11(14)10(12)6-7-13(16)17/h3-7H,8-9H2,1-2H3,(H,16,17). The normalized spacial score (nSPS) is 10.8. The summed E-state index contributed by atoms with van der Waals surface area (Å²) in [5.41, 5.74) is 1.57. The summed E-state index contributed by atoms with van der Waals surface area (Å²) >= 11 is 6.09. The molecule has 98 valence electrons. The Morgan fingerprint density at radius 1 is 1.56 bits per heavy atom. The maximum Gasteiger partial charge on any atom is 0.328 e. The van der Waals surface area contributed by atoms with E-state index in [1.54, 1.807) is 13.2 Å². The van der Waals surface area contributed by atoms with Gasteiger partial charge in [-0.2, -0.15) is 0 Å². The minimum atomic E-state index is -1.000. The van der Waals surface area contributed by atoms with Gasteiger partial charge in [-0.05, 0) is 18.2 Å². The van der Waals surface area contributed by atoms with E-state index in [4.69, 9.17) is 21.4 Å². The molecule has 0 aromatic heterocycles. The van der Waals surface area contributed by atoms with Gasteiger partial charge in [-0.15, -0.1) is 0 Å². The van der Waals surface area contributed by atoms with Crippen molar-refractivity contribution in [3.05, 3.63) is 34.9 Å². The van der Waals surface area contributed by atoms with Crippen LogP contribution in [0.3, 0.4) is 0 Å². The first-order valence-electron chi connectivity index (χ1n) is 5.46. The Bertz CT molecular complexity index is 446. The average Bonchev–Trinajstić information content (AvgIpc) is 2.34. The molecule has 18 heavy (non-hydrogen) atoms. The number of hydrogen-bond donors (Lipinski definition) is 1. The molecule has 0 heterocycles. The molecule has 1 rings (SSSR count). The van der Waals surface area contributed by atoms with Crippen molar-refractivity contribution in [1.29, 1.82) is 0 Å². The number of hydrogen-bond acceptors (Lipinski definition) is 3. The van der Waals surface area contributed by atoms with E-state index in [2.05, 4.69) is 0 Å². The van der Waals surface area contributed by atoms with Crippen LogP contribution in [-0.4, -0.2) is 38.4 Å². The van der Waals surface area contributed by atoms with Crippen LogP contribution in [0.15, 0.2) is 24.3 Å². The first-order chi connectivity index (χ1) is 8.56. The van der Waals surface area contributed by atoms with E-state index in [-0.39, 0.29) is 0 Å². The smallest absolute Gasteiger partial charge is 0.328 e. The summed E-state index contributed by atoms with van der Waals surface area (Å²) in [7, 11) is 3.54. The quantitative estimate of drug-likeness (QED) is 0.807. The zero-order valence-electron chi connectivity index (χ0n) is 10.4. The Morgan fingerprint density at radius 2 is 2.28 bits per heavy atom. The number of methoxy groups -OCH3 is 1. The van der Waals surface area contributed by atoms with Gasteiger partial charge in [0.15, 0.2) is 0 Å². The number of benzene rings is 1. The molecule has 0 saturated carbocycles. The molecule has 1 aromatic rings. The van der Waals surface area contributed by atoms with E-state index in [9.17, 15) is 4.79 Å². The third-order valence-electron chi connectivity index (χ3n) is 2.46. The van der Waals surface area contributed by atoms with Crippen LogP contribution in [0.25, 0.3) is 6.08 Å². The molecule has 4 nitrogen and oxygen atoms in total. The zero-order chi connectivity index (χ0) is 13.5. The Morgan fingerprint density at radius 3 is 2.89 bits per heavy atom. The molecule has 0 fully saturated rings. The first kappa shape index (κ1) is 14.5. The maximum absolute atomic E-state index is 10.6. The van der Waals surface area contributed by atoms with Gasteiger partial charge in [0.05, 0.1) is 6.61 Å². The first-order valence-corrected chi connectivity index (χ1v) is 5.83. The molecule has 0 aliphatic rings. The summed E-state index contributed by atoms with van der Waals surface area (Å²) in [4.78, 5) is 12.5. The van der Waals surface area contributed by atoms with Gasteiger partial charge in [0.1, 0.15) is 0 Å². The van der Waals surface area contributed by atoms with Crippen molar-refractivity contribution in [2.45, 2.75) is 0 Å². The highest BCUT2D eigenvalue weighted by atomic mass is 35.5.